The van der Waals surface area contributed by atoms with Gasteiger partial charge in [0.1, 0.15) is 0 Å². The highest BCUT2D eigenvalue weighted by Gasteiger charge is 2.19. The quantitative estimate of drug-likeness (QED) is 0.329. The second-order valence-electron chi connectivity index (χ2n) is 7.49. The first-order valence-electron chi connectivity index (χ1n) is 11.0. The minimum atomic E-state index is -0.241. The average molecular weight is 476 g/mol. The highest BCUT2D eigenvalue weighted by Crippen LogP contribution is 2.26. The van der Waals surface area contributed by atoms with E-state index in [0.29, 0.717) is 41.1 Å². The maximum atomic E-state index is 12.7. The van der Waals surface area contributed by atoms with E-state index in [4.69, 9.17) is 4.42 Å². The van der Waals surface area contributed by atoms with Gasteiger partial charge in [-0.1, -0.05) is 61.2 Å². The molecule has 9 heteroatoms. The number of nitrogens with one attached hydrogen (secondary N) is 2. The predicted molar refractivity (Wildman–Crippen MR) is 132 cm³/mol. The summed E-state index contributed by atoms with van der Waals surface area (Å²) < 4.78 is 7.46. The molecule has 0 unspecified atom stereocenters. The van der Waals surface area contributed by atoms with Crippen molar-refractivity contribution in [1.82, 2.24) is 20.1 Å². The van der Waals surface area contributed by atoms with Gasteiger partial charge < -0.3 is 15.1 Å². The molecule has 0 bridgehead atoms. The molecule has 0 aliphatic rings. The van der Waals surface area contributed by atoms with Crippen molar-refractivity contribution in [3.05, 3.63) is 84.1 Å². The van der Waals surface area contributed by atoms with Crippen LogP contribution in [-0.2, 0) is 11.3 Å². The molecule has 8 nitrogen and oxygen atoms in total. The lowest BCUT2D eigenvalue weighted by Crippen LogP contribution is -2.26. The third-order valence-corrected chi connectivity index (χ3v) is 5.92. The summed E-state index contributed by atoms with van der Waals surface area (Å²) in [5, 5.41) is 14.9. The summed E-state index contributed by atoms with van der Waals surface area (Å²) in [5.41, 5.74) is 1.99. The molecule has 0 spiro atoms. The van der Waals surface area contributed by atoms with Crippen LogP contribution in [0.25, 0.3) is 11.6 Å². The van der Waals surface area contributed by atoms with Crippen molar-refractivity contribution >= 4 is 29.3 Å². The standard InChI is InChI=1S/C25H25N5O3S/c1-2-14-26-24(32)19-11-6-7-12-20(19)27-22(31)17-34-25-29-28-23(21-13-8-15-33-21)30(25)16-18-9-4-3-5-10-18/h3-13,15H,2,14,16-17H2,1H3,(H,26,32)(H,27,31). The van der Waals surface area contributed by atoms with Crippen molar-refractivity contribution in [2.24, 2.45) is 0 Å². The Bertz CT molecular complexity index is 1240. The molecule has 4 rings (SSSR count). The fourth-order valence-electron chi connectivity index (χ4n) is 3.33. The number of thioether (sulfide) groups is 1. The van der Waals surface area contributed by atoms with E-state index in [1.54, 1.807) is 36.6 Å². The van der Waals surface area contributed by atoms with Gasteiger partial charge in [0.25, 0.3) is 5.91 Å². The largest absolute Gasteiger partial charge is 0.461 e. The van der Waals surface area contributed by atoms with Crippen molar-refractivity contribution in [3.63, 3.8) is 0 Å². The monoisotopic (exact) mass is 475 g/mol. The zero-order valence-corrected chi connectivity index (χ0v) is 19.5. The summed E-state index contributed by atoms with van der Waals surface area (Å²) in [6.45, 7) is 3.10. The molecule has 0 saturated carbocycles. The number of carbonyl (C=O) groups is 2. The normalized spacial score (nSPS) is 10.7. The van der Waals surface area contributed by atoms with Crippen LogP contribution in [0.15, 0.2) is 82.6 Å². The smallest absolute Gasteiger partial charge is 0.253 e. The lowest BCUT2D eigenvalue weighted by atomic mass is 10.1. The second kappa shape index (κ2) is 11.3. The Labute approximate surface area is 201 Å². The van der Waals surface area contributed by atoms with Crippen molar-refractivity contribution in [1.29, 1.82) is 0 Å². The van der Waals surface area contributed by atoms with Crippen molar-refractivity contribution in [3.8, 4) is 11.6 Å². The van der Waals surface area contributed by atoms with Gasteiger partial charge >= 0.3 is 0 Å². The number of rotatable bonds is 10. The second-order valence-corrected chi connectivity index (χ2v) is 8.44. The number of nitrogens with zero attached hydrogens (tertiary/aromatic N) is 3. The first-order chi connectivity index (χ1) is 16.7. The fraction of sp³-hybridized carbons (Fsp3) is 0.200. The maximum absolute atomic E-state index is 12.7. The predicted octanol–water partition coefficient (Wildman–Crippen LogP) is 4.46. The molecule has 0 fully saturated rings. The van der Waals surface area contributed by atoms with Crippen LogP contribution in [0.4, 0.5) is 5.69 Å². The molecule has 0 atom stereocenters. The first-order valence-corrected chi connectivity index (χ1v) is 11.9. The molecule has 2 N–H and O–H groups in total. The summed E-state index contributed by atoms with van der Waals surface area (Å²) in [4.78, 5) is 25.2. The number of hydrogen-bond acceptors (Lipinski definition) is 6. The van der Waals surface area contributed by atoms with Gasteiger partial charge in [-0.2, -0.15) is 0 Å². The van der Waals surface area contributed by atoms with Gasteiger partial charge in [-0.15, -0.1) is 10.2 Å². The fourth-order valence-corrected chi connectivity index (χ4v) is 4.07. The molecule has 4 aromatic rings. The molecule has 0 aliphatic carbocycles. The molecule has 2 aromatic heterocycles. The molecule has 2 amide bonds. The highest BCUT2D eigenvalue weighted by atomic mass is 32.2. The van der Waals surface area contributed by atoms with Crippen molar-refractivity contribution < 1.29 is 14.0 Å². The molecule has 2 heterocycles. The Morgan fingerprint density at radius 3 is 2.56 bits per heavy atom. The van der Waals surface area contributed by atoms with Gasteiger partial charge in [0.2, 0.25) is 11.7 Å². The maximum Gasteiger partial charge on any atom is 0.253 e. The summed E-state index contributed by atoms with van der Waals surface area (Å²) in [5.74, 6) is 0.850. The number of carbonyl (C=O) groups excluding carboxylic acids is 2. The molecule has 0 radical (unpaired) electrons. The number of aromatic nitrogens is 3. The number of hydrogen-bond donors (Lipinski definition) is 2. The first kappa shape index (κ1) is 23.3. The van der Waals surface area contributed by atoms with E-state index in [1.165, 1.54) is 11.8 Å². The van der Waals surface area contributed by atoms with Crippen LogP contribution in [0.2, 0.25) is 0 Å². The summed E-state index contributed by atoms with van der Waals surface area (Å²) in [7, 11) is 0. The Balaban J connectivity index is 1.48. The topological polar surface area (TPSA) is 102 Å². The third kappa shape index (κ3) is 5.74. The number of anilines is 1. The van der Waals surface area contributed by atoms with Gasteiger partial charge in [-0.25, -0.2) is 0 Å². The van der Waals surface area contributed by atoms with Crippen LogP contribution in [0, 0.1) is 0 Å². The Hall–Kier alpha value is -3.85. The minimum absolute atomic E-state index is 0.107. The van der Waals surface area contributed by atoms with Gasteiger partial charge in [-0.3, -0.25) is 14.2 Å². The van der Waals surface area contributed by atoms with Crippen molar-refractivity contribution in [2.75, 3.05) is 17.6 Å². The minimum Gasteiger partial charge on any atom is -0.461 e. The summed E-state index contributed by atoms with van der Waals surface area (Å²) >= 11 is 1.27. The Morgan fingerprint density at radius 2 is 1.79 bits per heavy atom. The van der Waals surface area contributed by atoms with Crippen LogP contribution in [0.5, 0.6) is 0 Å². The Morgan fingerprint density at radius 1 is 1.00 bits per heavy atom. The molecular weight excluding hydrogens is 450 g/mol. The van der Waals surface area contributed by atoms with Gasteiger partial charge in [0.05, 0.1) is 29.8 Å². The molecule has 174 valence electrons. The summed E-state index contributed by atoms with van der Waals surface area (Å²) in [6, 6.07) is 20.5. The highest BCUT2D eigenvalue weighted by molar-refractivity contribution is 7.99. The lowest BCUT2D eigenvalue weighted by Gasteiger charge is -2.12. The van der Waals surface area contributed by atoms with E-state index in [1.807, 2.05) is 47.9 Å². The zero-order chi connectivity index (χ0) is 23.8. The van der Waals surface area contributed by atoms with E-state index < -0.39 is 0 Å². The Kier molecular flexibility index (Phi) is 7.77. The number of benzene rings is 2. The van der Waals surface area contributed by atoms with Crippen LogP contribution in [0.3, 0.4) is 0 Å². The zero-order valence-electron chi connectivity index (χ0n) is 18.7. The van der Waals surface area contributed by atoms with E-state index >= 15 is 0 Å². The number of amides is 2. The van der Waals surface area contributed by atoms with Crippen LogP contribution in [0.1, 0.15) is 29.3 Å². The van der Waals surface area contributed by atoms with Gasteiger partial charge in [-0.05, 0) is 36.2 Å². The molecule has 2 aromatic carbocycles. The summed E-state index contributed by atoms with van der Waals surface area (Å²) in [6.07, 6.45) is 2.42. The number of para-hydroxylation sites is 1. The lowest BCUT2D eigenvalue weighted by molar-refractivity contribution is -0.113. The van der Waals surface area contributed by atoms with Crippen LogP contribution >= 0.6 is 11.8 Å². The number of furan rings is 1. The van der Waals surface area contributed by atoms with E-state index in [9.17, 15) is 9.59 Å². The van der Waals surface area contributed by atoms with E-state index in [-0.39, 0.29) is 17.6 Å². The van der Waals surface area contributed by atoms with Gasteiger partial charge in [0, 0.05) is 6.54 Å². The van der Waals surface area contributed by atoms with Gasteiger partial charge in [0.15, 0.2) is 10.9 Å². The molecule has 34 heavy (non-hydrogen) atoms. The SMILES string of the molecule is CCCNC(=O)c1ccccc1NC(=O)CSc1nnc(-c2ccco2)n1Cc1ccccc1. The third-order valence-electron chi connectivity index (χ3n) is 4.96. The average Bonchev–Trinajstić information content (AvgIpc) is 3.52. The van der Waals surface area contributed by atoms with Crippen LogP contribution < -0.4 is 10.6 Å². The van der Waals surface area contributed by atoms with E-state index in [2.05, 4.69) is 20.8 Å². The molecular formula is C25H25N5O3S. The molecule has 0 aliphatic heterocycles. The van der Waals surface area contributed by atoms with Crippen LogP contribution in [-0.4, -0.2) is 38.9 Å². The van der Waals surface area contributed by atoms with Crippen molar-refractivity contribution in [2.45, 2.75) is 25.0 Å². The van der Waals surface area contributed by atoms with E-state index in [0.717, 1.165) is 12.0 Å². The molecule has 0 saturated heterocycles.